The maximum Gasteiger partial charge on any atom is 0.165 e. The van der Waals surface area contributed by atoms with Gasteiger partial charge in [-0.15, -0.1) is 0 Å². The Morgan fingerprint density at radius 3 is 2.95 bits per heavy atom. The van der Waals surface area contributed by atoms with Gasteiger partial charge in [0.1, 0.15) is 17.9 Å². The summed E-state index contributed by atoms with van der Waals surface area (Å²) in [6, 6.07) is 0. The molecule has 19 heavy (non-hydrogen) atoms. The van der Waals surface area contributed by atoms with Crippen LogP contribution < -0.4 is 0 Å². The highest BCUT2D eigenvalue weighted by molar-refractivity contribution is 5.73. The molecule has 3 atom stereocenters. The maximum absolute atomic E-state index is 10.0. The summed E-state index contributed by atoms with van der Waals surface area (Å²) in [4.78, 5) is 12.7. The largest absolute Gasteiger partial charge is 0.394 e. The fourth-order valence-corrected chi connectivity index (χ4v) is 2.44. The number of ether oxygens (including phenoxy) is 1. The highest BCUT2D eigenvalue weighted by Crippen LogP contribution is 2.30. The maximum atomic E-state index is 10.0. The lowest BCUT2D eigenvalue weighted by atomic mass is 10.2. The van der Waals surface area contributed by atoms with E-state index in [0.29, 0.717) is 12.1 Å². The Labute approximate surface area is 109 Å². The minimum Gasteiger partial charge on any atom is -0.394 e. The van der Waals surface area contributed by atoms with Crippen LogP contribution in [-0.4, -0.2) is 48.5 Å². The van der Waals surface area contributed by atoms with Gasteiger partial charge in [-0.25, -0.2) is 15.0 Å². The molecule has 3 rings (SSSR count). The number of hydrogen-bond donors (Lipinski definition) is 2. The summed E-state index contributed by atoms with van der Waals surface area (Å²) < 4.78 is 7.32. The number of fused-ring (bicyclic) bond motifs is 1. The molecule has 0 spiro atoms. The molecule has 7 heteroatoms. The number of imidazole rings is 1. The number of nitrogens with zero attached hydrogens (tertiary/aromatic N) is 4. The normalized spacial score (nSPS) is 27.2. The van der Waals surface area contributed by atoms with Crippen LogP contribution in [0.5, 0.6) is 0 Å². The van der Waals surface area contributed by atoms with Gasteiger partial charge in [-0.05, 0) is 6.42 Å². The van der Waals surface area contributed by atoms with E-state index in [1.54, 1.807) is 10.9 Å². The summed E-state index contributed by atoms with van der Waals surface area (Å²) in [6.45, 7) is 1.90. The van der Waals surface area contributed by atoms with Crippen molar-refractivity contribution in [1.82, 2.24) is 19.5 Å². The molecule has 2 aromatic heterocycles. The molecule has 1 fully saturated rings. The van der Waals surface area contributed by atoms with Crippen LogP contribution in [0.1, 0.15) is 25.3 Å². The van der Waals surface area contributed by atoms with Crippen LogP contribution in [0.3, 0.4) is 0 Å². The fraction of sp³-hybridized carbons (Fsp3) is 0.583. The predicted octanol–water partition coefficient (Wildman–Crippen LogP) is 0.0294. The summed E-state index contributed by atoms with van der Waals surface area (Å²) >= 11 is 0. The molecule has 7 nitrogen and oxygen atoms in total. The Hall–Kier alpha value is -1.57. The van der Waals surface area contributed by atoms with Crippen LogP contribution in [0.4, 0.5) is 0 Å². The fourth-order valence-electron chi connectivity index (χ4n) is 2.44. The molecular weight excluding hydrogens is 248 g/mol. The van der Waals surface area contributed by atoms with E-state index in [9.17, 15) is 5.11 Å². The zero-order chi connectivity index (χ0) is 13.4. The molecular formula is C12H16N4O3. The van der Waals surface area contributed by atoms with Crippen molar-refractivity contribution >= 4 is 11.2 Å². The molecule has 1 saturated heterocycles. The molecule has 3 heterocycles. The van der Waals surface area contributed by atoms with E-state index in [1.165, 1.54) is 6.33 Å². The van der Waals surface area contributed by atoms with Gasteiger partial charge in [0.05, 0.1) is 24.7 Å². The average molecular weight is 264 g/mol. The van der Waals surface area contributed by atoms with Crippen LogP contribution >= 0.6 is 0 Å². The van der Waals surface area contributed by atoms with Gasteiger partial charge in [0, 0.05) is 6.42 Å². The third-order valence-electron chi connectivity index (χ3n) is 3.41. The van der Waals surface area contributed by atoms with Crippen molar-refractivity contribution in [2.75, 3.05) is 6.61 Å². The summed E-state index contributed by atoms with van der Waals surface area (Å²) in [5, 5.41) is 19.1. The number of aliphatic hydroxyl groups excluding tert-OH is 2. The van der Waals surface area contributed by atoms with Crippen LogP contribution in [0.2, 0.25) is 0 Å². The van der Waals surface area contributed by atoms with Crippen molar-refractivity contribution < 1.29 is 14.9 Å². The van der Waals surface area contributed by atoms with E-state index in [4.69, 9.17) is 9.84 Å². The summed E-state index contributed by atoms with van der Waals surface area (Å²) in [5.41, 5.74) is 2.25. The zero-order valence-electron chi connectivity index (χ0n) is 10.6. The van der Waals surface area contributed by atoms with E-state index < -0.39 is 12.3 Å². The second kappa shape index (κ2) is 4.84. The van der Waals surface area contributed by atoms with Crippen molar-refractivity contribution in [2.45, 2.75) is 38.2 Å². The molecule has 0 unspecified atom stereocenters. The Morgan fingerprint density at radius 2 is 2.26 bits per heavy atom. The molecule has 2 aromatic rings. The van der Waals surface area contributed by atoms with Gasteiger partial charge in [0.15, 0.2) is 11.9 Å². The van der Waals surface area contributed by atoms with Crippen LogP contribution in [-0.2, 0) is 11.2 Å². The highest BCUT2D eigenvalue weighted by Gasteiger charge is 2.35. The Balaban J connectivity index is 2.02. The SMILES string of the molecule is CCc1ncnc2c1ncn2[C@@H]1O[C@H](CO)C[C@H]1O. The second-order valence-corrected chi connectivity index (χ2v) is 4.63. The number of rotatable bonds is 3. The van der Waals surface area contributed by atoms with Gasteiger partial charge in [-0.2, -0.15) is 0 Å². The first kappa shape index (κ1) is 12.5. The van der Waals surface area contributed by atoms with Gasteiger partial charge in [-0.1, -0.05) is 6.92 Å². The Bertz CT molecular complexity index is 585. The zero-order valence-corrected chi connectivity index (χ0v) is 10.6. The van der Waals surface area contributed by atoms with Crippen molar-refractivity contribution in [2.24, 2.45) is 0 Å². The topological polar surface area (TPSA) is 93.3 Å². The van der Waals surface area contributed by atoms with Gasteiger partial charge in [0.2, 0.25) is 0 Å². The van der Waals surface area contributed by atoms with E-state index in [1.807, 2.05) is 6.92 Å². The molecule has 1 aliphatic heterocycles. The van der Waals surface area contributed by atoms with Crippen molar-refractivity contribution in [3.8, 4) is 0 Å². The molecule has 0 saturated carbocycles. The molecule has 0 aliphatic carbocycles. The van der Waals surface area contributed by atoms with Gasteiger partial charge < -0.3 is 14.9 Å². The van der Waals surface area contributed by atoms with E-state index >= 15 is 0 Å². The van der Waals surface area contributed by atoms with E-state index in [2.05, 4.69) is 15.0 Å². The summed E-state index contributed by atoms with van der Waals surface area (Å²) in [6.07, 6.45) is 2.70. The first-order chi connectivity index (χ1) is 9.24. The third kappa shape index (κ3) is 1.99. The minimum absolute atomic E-state index is 0.102. The molecule has 0 amide bonds. The summed E-state index contributed by atoms with van der Waals surface area (Å²) in [7, 11) is 0. The second-order valence-electron chi connectivity index (χ2n) is 4.63. The summed E-state index contributed by atoms with van der Waals surface area (Å²) in [5.74, 6) is 0. The van der Waals surface area contributed by atoms with Gasteiger partial charge >= 0.3 is 0 Å². The lowest BCUT2D eigenvalue weighted by Crippen LogP contribution is -2.19. The first-order valence-corrected chi connectivity index (χ1v) is 6.35. The smallest absolute Gasteiger partial charge is 0.165 e. The van der Waals surface area contributed by atoms with Gasteiger partial charge in [0.25, 0.3) is 0 Å². The molecule has 0 bridgehead atoms. The molecule has 2 N–H and O–H groups in total. The van der Waals surface area contributed by atoms with Crippen molar-refractivity contribution in [1.29, 1.82) is 0 Å². The molecule has 1 aliphatic rings. The predicted molar refractivity (Wildman–Crippen MR) is 66.3 cm³/mol. The van der Waals surface area contributed by atoms with E-state index in [0.717, 1.165) is 17.6 Å². The molecule has 0 aromatic carbocycles. The standard InChI is InChI=1S/C12H16N4O3/c1-2-8-10-11(14-5-13-8)16(6-15-10)12-9(18)3-7(4-17)19-12/h5-7,9,12,17-18H,2-4H2,1H3/t7-,9+,12+/m0/s1. The lowest BCUT2D eigenvalue weighted by Gasteiger charge is -2.16. The lowest BCUT2D eigenvalue weighted by molar-refractivity contribution is -0.0486. The van der Waals surface area contributed by atoms with E-state index in [-0.39, 0.29) is 12.7 Å². The number of aryl methyl sites for hydroxylation is 1. The van der Waals surface area contributed by atoms with Crippen molar-refractivity contribution in [3.63, 3.8) is 0 Å². The monoisotopic (exact) mass is 264 g/mol. The number of aliphatic hydroxyl groups is 2. The average Bonchev–Trinajstić information content (AvgIpc) is 3.01. The highest BCUT2D eigenvalue weighted by atomic mass is 16.5. The number of hydrogen-bond acceptors (Lipinski definition) is 6. The quantitative estimate of drug-likeness (QED) is 0.812. The minimum atomic E-state index is -0.672. The Kier molecular flexibility index (Phi) is 3.17. The first-order valence-electron chi connectivity index (χ1n) is 6.35. The van der Waals surface area contributed by atoms with Crippen LogP contribution in [0.25, 0.3) is 11.2 Å². The van der Waals surface area contributed by atoms with Crippen molar-refractivity contribution in [3.05, 3.63) is 18.3 Å². The van der Waals surface area contributed by atoms with Gasteiger partial charge in [-0.3, -0.25) is 4.57 Å². The molecule has 0 radical (unpaired) electrons. The van der Waals surface area contributed by atoms with Crippen LogP contribution in [0, 0.1) is 0 Å². The van der Waals surface area contributed by atoms with Crippen LogP contribution in [0.15, 0.2) is 12.7 Å². The number of aromatic nitrogens is 4. The third-order valence-corrected chi connectivity index (χ3v) is 3.41. The Morgan fingerprint density at radius 1 is 1.42 bits per heavy atom. The molecule has 102 valence electrons.